The van der Waals surface area contributed by atoms with Gasteiger partial charge >= 0.3 is 0 Å². The number of hydrogen-bond acceptors (Lipinski definition) is 2. The molecule has 234 valence electrons. The Labute approximate surface area is 275 Å². The van der Waals surface area contributed by atoms with Crippen LogP contribution in [0.4, 0.5) is 35.1 Å². The average molecular weight is 687 g/mol. The molecule has 48 heavy (non-hydrogen) atoms. The van der Waals surface area contributed by atoms with E-state index < -0.39 is 89.3 Å². The molecule has 0 aliphatic rings. The molecule has 0 radical (unpaired) electrons. The van der Waals surface area contributed by atoms with E-state index in [1.165, 1.54) is 12.1 Å². The third kappa shape index (κ3) is 3.64. The summed E-state index contributed by atoms with van der Waals surface area (Å²) in [5.74, 6) is -14.7. The van der Waals surface area contributed by atoms with Gasteiger partial charge in [0.05, 0.1) is 32.0 Å². The zero-order valence-electron chi connectivity index (χ0n) is 23.8. The van der Waals surface area contributed by atoms with E-state index in [1.54, 1.807) is 12.1 Å². The van der Waals surface area contributed by atoms with Gasteiger partial charge in [0, 0.05) is 15.7 Å². The lowest BCUT2D eigenvalue weighted by atomic mass is 9.88. The van der Waals surface area contributed by atoms with E-state index in [4.69, 9.17) is 0 Å². The zero-order chi connectivity index (χ0) is 33.5. The van der Waals surface area contributed by atoms with Crippen molar-refractivity contribution < 1.29 is 35.1 Å². The van der Waals surface area contributed by atoms with Crippen molar-refractivity contribution >= 4 is 89.9 Å². The second-order valence-corrected chi connectivity index (χ2v) is 12.7. The molecule has 0 spiro atoms. The van der Waals surface area contributed by atoms with Crippen LogP contribution < -0.4 is 0 Å². The topological polar surface area (TPSA) is 0 Å². The minimum atomic E-state index is -1.99. The van der Waals surface area contributed by atoms with E-state index in [9.17, 15) is 8.78 Å². The van der Waals surface area contributed by atoms with E-state index in [1.807, 2.05) is 48.5 Å². The Morgan fingerprint density at radius 1 is 0.312 bits per heavy atom. The highest BCUT2D eigenvalue weighted by Gasteiger charge is 2.34. The molecule has 9 aromatic carbocycles. The van der Waals surface area contributed by atoms with Gasteiger partial charge in [-0.1, -0.05) is 48.5 Å². The number of rotatable bonds is 2. The summed E-state index contributed by atoms with van der Waals surface area (Å²) in [5.41, 5.74) is 0.240. The third-order valence-electron chi connectivity index (χ3n) is 9.27. The second-order valence-electron chi connectivity index (χ2n) is 11.8. The molecular weight excluding hydrogens is 673 g/mol. The van der Waals surface area contributed by atoms with E-state index in [0.29, 0.717) is 5.56 Å². The van der Waals surface area contributed by atoms with E-state index in [2.05, 4.69) is 25.3 Å². The first kappa shape index (κ1) is 29.3. The van der Waals surface area contributed by atoms with Gasteiger partial charge in [-0.2, -0.15) is 0 Å². The van der Waals surface area contributed by atoms with Gasteiger partial charge in [0.25, 0.3) is 0 Å². The van der Waals surface area contributed by atoms with Gasteiger partial charge in [-0.3, -0.25) is 0 Å². The lowest BCUT2D eigenvalue weighted by Crippen LogP contribution is -2.07. The van der Waals surface area contributed by atoms with Gasteiger partial charge in [0.1, 0.15) is 23.3 Å². The summed E-state index contributed by atoms with van der Waals surface area (Å²) >= 11 is 8.06. The first-order chi connectivity index (χ1) is 23.0. The minimum Gasteiger partial charge on any atom is -0.205 e. The lowest BCUT2D eigenvalue weighted by Gasteiger charge is -2.19. The predicted molar refractivity (Wildman–Crippen MR) is 179 cm³/mol. The van der Waals surface area contributed by atoms with Crippen LogP contribution in [0, 0.1) is 46.5 Å². The highest BCUT2D eigenvalue weighted by molar-refractivity contribution is 7.80. The first-order valence-electron chi connectivity index (χ1n) is 14.4. The molecule has 10 heteroatoms. The molecular formula is C38H14F8S2. The van der Waals surface area contributed by atoms with Gasteiger partial charge in [0.15, 0.2) is 23.3 Å². The molecule has 0 unspecified atom stereocenters. The fourth-order valence-electron chi connectivity index (χ4n) is 7.20. The minimum absolute atomic E-state index is 0.200. The Hall–Kier alpha value is -4.80. The monoisotopic (exact) mass is 686 g/mol. The highest BCUT2D eigenvalue weighted by atomic mass is 32.1. The maximum atomic E-state index is 16.2. The van der Waals surface area contributed by atoms with E-state index >= 15 is 26.3 Å². The molecule has 0 bridgehead atoms. The summed E-state index contributed by atoms with van der Waals surface area (Å²) < 4.78 is 124. The van der Waals surface area contributed by atoms with Gasteiger partial charge in [-0.05, 0) is 73.3 Å². The molecule has 9 rings (SSSR count). The van der Waals surface area contributed by atoms with Gasteiger partial charge in [-0.15, -0.1) is 25.3 Å². The molecule has 0 nitrogen and oxygen atoms in total. The molecule has 0 atom stereocenters. The van der Waals surface area contributed by atoms with E-state index in [0.717, 1.165) is 42.8 Å². The van der Waals surface area contributed by atoms with Gasteiger partial charge in [0.2, 0.25) is 0 Å². The summed E-state index contributed by atoms with van der Waals surface area (Å²) in [4.78, 5) is -0.369. The van der Waals surface area contributed by atoms with Gasteiger partial charge < -0.3 is 0 Å². The Bertz CT molecular complexity index is 2720. The molecule has 0 amide bonds. The predicted octanol–water partition coefficient (Wildman–Crippen LogP) is 12.5. The van der Waals surface area contributed by atoms with Crippen LogP contribution >= 0.6 is 25.3 Å². The van der Waals surface area contributed by atoms with Crippen LogP contribution in [-0.4, -0.2) is 0 Å². The Morgan fingerprint density at radius 2 is 0.667 bits per heavy atom. The van der Waals surface area contributed by atoms with Crippen LogP contribution in [0.3, 0.4) is 0 Å². The molecule has 0 aliphatic heterocycles. The van der Waals surface area contributed by atoms with Crippen molar-refractivity contribution in [3.8, 4) is 22.3 Å². The van der Waals surface area contributed by atoms with Crippen molar-refractivity contribution in [3.63, 3.8) is 0 Å². The smallest absolute Gasteiger partial charge is 0.170 e. The Morgan fingerprint density at radius 3 is 1.08 bits per heavy atom. The highest BCUT2D eigenvalue weighted by Crippen LogP contribution is 2.48. The standard InChI is InChI=1S/C38H14F8S2/c39-30-23(31(40)27-24-25-28(34(43)32(41)26(24)30)36(45)38(48)37(46)29(25)35(44)33(27)42)14-3-1-13(2-4-14)19-9-15-5-7-17-11-20(47)12-18-8-6-16(10-19)21(15)22(17)18/h1-12,47-48H. The van der Waals surface area contributed by atoms with Crippen molar-refractivity contribution in [2.45, 2.75) is 9.79 Å². The molecule has 0 aromatic heterocycles. The lowest BCUT2D eigenvalue weighted by molar-refractivity contribution is 0.498. The summed E-state index contributed by atoms with van der Waals surface area (Å²) in [6.45, 7) is 0. The van der Waals surface area contributed by atoms with Crippen LogP contribution in [0.2, 0.25) is 0 Å². The normalized spacial score (nSPS) is 12.4. The summed E-state index contributed by atoms with van der Waals surface area (Å²) in [7, 11) is 0. The fraction of sp³-hybridized carbons (Fsp3) is 0. The van der Waals surface area contributed by atoms with Crippen molar-refractivity contribution in [2.24, 2.45) is 0 Å². The molecule has 0 fully saturated rings. The van der Waals surface area contributed by atoms with Gasteiger partial charge in [-0.25, -0.2) is 35.1 Å². The van der Waals surface area contributed by atoms with Crippen molar-refractivity contribution in [1.82, 2.24) is 0 Å². The van der Waals surface area contributed by atoms with Crippen LogP contribution in [0.25, 0.3) is 86.9 Å². The molecule has 0 N–H and O–H groups in total. The Balaban J connectivity index is 1.27. The third-order valence-corrected chi connectivity index (χ3v) is 9.92. The molecule has 0 aliphatic carbocycles. The molecule has 0 heterocycles. The average Bonchev–Trinajstić information content (AvgIpc) is 3.07. The molecule has 9 aromatic rings. The van der Waals surface area contributed by atoms with E-state index in [-0.39, 0.29) is 5.56 Å². The number of benzene rings is 9. The SMILES string of the molecule is Fc1c(S)c(F)c2c(F)c(F)c3c(F)c(-c4ccc(-c5cc6ccc7cc(S)cc8ccc(c5)c6c78)cc4)c(F)c4c(F)c(F)c1c2c43. The van der Waals surface area contributed by atoms with Crippen LogP contribution in [-0.2, 0) is 0 Å². The number of halogens is 8. The van der Waals surface area contributed by atoms with Crippen LogP contribution in [0.5, 0.6) is 0 Å². The zero-order valence-corrected chi connectivity index (χ0v) is 25.6. The van der Waals surface area contributed by atoms with Crippen molar-refractivity contribution in [2.75, 3.05) is 0 Å². The van der Waals surface area contributed by atoms with Crippen molar-refractivity contribution in [1.29, 1.82) is 0 Å². The molecule has 0 saturated carbocycles. The first-order valence-corrected chi connectivity index (χ1v) is 15.3. The van der Waals surface area contributed by atoms with Crippen molar-refractivity contribution in [3.05, 3.63) is 119 Å². The summed E-state index contributed by atoms with van der Waals surface area (Å²) in [6.07, 6.45) is 0. The van der Waals surface area contributed by atoms with Crippen LogP contribution in [0.15, 0.2) is 82.6 Å². The van der Waals surface area contributed by atoms with Crippen LogP contribution in [0.1, 0.15) is 0 Å². The maximum Gasteiger partial charge on any atom is 0.170 e. The maximum absolute atomic E-state index is 16.2. The summed E-state index contributed by atoms with van der Waals surface area (Å²) in [5, 5.41) is -1.09. The Kier molecular flexibility index (Phi) is 6.03. The molecule has 0 saturated heterocycles. The number of hydrogen-bond donors (Lipinski definition) is 2. The quantitative estimate of drug-likeness (QED) is 0.101. The summed E-state index contributed by atoms with van der Waals surface area (Å²) in [6, 6.07) is 21.6. The second kappa shape index (κ2) is 9.87. The number of thiol groups is 2. The largest absolute Gasteiger partial charge is 0.205 e. The fourth-order valence-corrected chi connectivity index (χ4v) is 7.70.